The van der Waals surface area contributed by atoms with E-state index in [1.54, 1.807) is 12.5 Å². The van der Waals surface area contributed by atoms with Gasteiger partial charge in [0.15, 0.2) is 23.0 Å². The lowest BCUT2D eigenvalue weighted by Gasteiger charge is -2.47. The Labute approximate surface area is 313 Å². The smallest absolute Gasteiger partial charge is 0.354 e. The molecule has 0 fully saturated rings. The minimum atomic E-state index is -2.34. The third-order valence-corrected chi connectivity index (χ3v) is 12.3. The van der Waals surface area contributed by atoms with Crippen LogP contribution in [-0.4, -0.2) is 70.6 Å². The molecule has 0 aliphatic carbocycles. The average molecular weight is 749 g/mol. The molecule has 52 heavy (non-hydrogen) atoms. The normalized spacial score (nSPS) is 14.3. The molecule has 0 heterocycles. The largest absolute Gasteiger partial charge is 0.493 e. The first kappa shape index (κ1) is 44.6. The van der Waals surface area contributed by atoms with Crippen molar-refractivity contribution in [3.63, 3.8) is 0 Å². The zero-order valence-corrected chi connectivity index (χ0v) is 34.9. The van der Waals surface area contributed by atoms with Gasteiger partial charge in [-0.3, -0.25) is 9.59 Å². The first-order chi connectivity index (χ1) is 24.4. The van der Waals surface area contributed by atoms with Crippen molar-refractivity contribution in [3.8, 4) is 34.5 Å². The van der Waals surface area contributed by atoms with E-state index in [1.807, 2.05) is 65.8 Å². The highest BCUT2D eigenvalue weighted by Gasteiger charge is 2.55. The zero-order chi connectivity index (χ0) is 39.4. The molecule has 0 N–H and O–H groups in total. The standard InChI is InChI=1S/C41H64O10S/c1-15-18-21-49-37(42)30(26-52(13,14)39(44)51-36-33(47-11)24-29(20-17-3)25-34(36)48-12)27(4)41(8,40(5,6)7)38(43)50-35-31(45-9)22-28(19-16-2)23-32(35)46-10/h22-25,27,30H,15-21,26H2,1-14H3. The van der Waals surface area contributed by atoms with Gasteiger partial charge in [0.1, 0.15) is 0 Å². The molecule has 0 aliphatic heterocycles. The van der Waals surface area contributed by atoms with Crippen LogP contribution < -0.4 is 28.4 Å². The van der Waals surface area contributed by atoms with Crippen LogP contribution in [0.5, 0.6) is 34.5 Å². The number of esters is 2. The van der Waals surface area contributed by atoms with Crippen LogP contribution in [-0.2, 0) is 27.2 Å². The van der Waals surface area contributed by atoms with Crippen molar-refractivity contribution in [3.05, 3.63) is 35.4 Å². The van der Waals surface area contributed by atoms with E-state index >= 15 is 0 Å². The fourth-order valence-corrected chi connectivity index (χ4v) is 8.03. The Bertz CT molecular complexity index is 1460. The van der Waals surface area contributed by atoms with Gasteiger partial charge in [0, 0.05) is 5.75 Å². The fourth-order valence-electron chi connectivity index (χ4n) is 6.27. The van der Waals surface area contributed by atoms with Gasteiger partial charge in [0.25, 0.3) is 0 Å². The minimum Gasteiger partial charge on any atom is -0.493 e. The molecule has 11 heteroatoms. The number of unbranched alkanes of at least 4 members (excludes halogenated alkanes) is 1. The summed E-state index contributed by atoms with van der Waals surface area (Å²) < 4.78 is 40.7. The Morgan fingerprint density at radius 2 is 1.12 bits per heavy atom. The number of rotatable bonds is 19. The predicted molar refractivity (Wildman–Crippen MR) is 209 cm³/mol. The van der Waals surface area contributed by atoms with E-state index in [4.69, 9.17) is 33.2 Å². The SMILES string of the molecule is CCCCOC(=O)C(CS(C)(C)C(=O)Oc1c(OC)cc(CCC)cc1OC)C(C)C(C)(C(=O)Oc1c(OC)cc(CCC)cc1OC)C(C)(C)C. The Morgan fingerprint density at radius 1 is 0.692 bits per heavy atom. The summed E-state index contributed by atoms with van der Waals surface area (Å²) in [4.78, 5) is 42.8. The second kappa shape index (κ2) is 19.5. The lowest BCUT2D eigenvalue weighted by Crippen LogP contribution is -2.52. The summed E-state index contributed by atoms with van der Waals surface area (Å²) in [7, 11) is 3.73. The summed E-state index contributed by atoms with van der Waals surface area (Å²) in [5.41, 5.74) is 0.00382. The van der Waals surface area contributed by atoms with Crippen LogP contribution >= 0.6 is 10.0 Å². The molecule has 2 aromatic carbocycles. The molecule has 0 aromatic heterocycles. The van der Waals surface area contributed by atoms with Gasteiger partial charge in [-0.05, 0) is 85.4 Å². The molecule has 0 radical (unpaired) electrons. The van der Waals surface area contributed by atoms with Crippen molar-refractivity contribution in [2.75, 3.05) is 53.3 Å². The fraction of sp³-hybridized carbons (Fsp3) is 0.634. The van der Waals surface area contributed by atoms with Crippen LogP contribution in [0, 0.1) is 22.7 Å². The van der Waals surface area contributed by atoms with Gasteiger partial charge in [0.2, 0.25) is 11.5 Å². The number of methoxy groups -OCH3 is 4. The number of ether oxygens (including phenoxy) is 7. The van der Waals surface area contributed by atoms with Crippen LogP contribution in [0.15, 0.2) is 24.3 Å². The summed E-state index contributed by atoms with van der Waals surface area (Å²) >= 11 is 0. The Morgan fingerprint density at radius 3 is 1.48 bits per heavy atom. The average Bonchev–Trinajstić information content (AvgIpc) is 3.10. The zero-order valence-electron chi connectivity index (χ0n) is 34.1. The molecule has 0 amide bonds. The second-order valence-corrected chi connectivity index (χ2v) is 18.7. The maximum atomic E-state index is 14.6. The highest BCUT2D eigenvalue weighted by Crippen LogP contribution is 2.54. The van der Waals surface area contributed by atoms with E-state index in [1.165, 1.54) is 28.4 Å². The van der Waals surface area contributed by atoms with E-state index in [0.29, 0.717) is 29.4 Å². The van der Waals surface area contributed by atoms with Gasteiger partial charge in [-0.15, -0.1) is 10.0 Å². The van der Waals surface area contributed by atoms with E-state index < -0.39 is 49.9 Å². The van der Waals surface area contributed by atoms with Gasteiger partial charge >= 0.3 is 17.2 Å². The molecular formula is C41H64O10S. The minimum absolute atomic E-state index is 0.105. The molecule has 3 atom stereocenters. The number of hydrogen-bond acceptors (Lipinski definition) is 10. The predicted octanol–water partition coefficient (Wildman–Crippen LogP) is 9.44. The molecule has 0 spiro atoms. The van der Waals surface area contributed by atoms with Gasteiger partial charge in [-0.2, -0.15) is 0 Å². The summed E-state index contributed by atoms with van der Waals surface area (Å²) in [6.07, 6.45) is 8.57. The van der Waals surface area contributed by atoms with Gasteiger partial charge in [0.05, 0.1) is 46.4 Å². The molecule has 2 rings (SSSR count). The molecule has 0 aliphatic rings. The molecule has 10 nitrogen and oxygen atoms in total. The topological polar surface area (TPSA) is 116 Å². The molecule has 2 aromatic rings. The monoisotopic (exact) mass is 748 g/mol. The Kier molecular flexibility index (Phi) is 16.7. The van der Waals surface area contributed by atoms with E-state index in [0.717, 1.165) is 43.2 Å². The first-order valence-electron chi connectivity index (χ1n) is 18.2. The third-order valence-electron chi connectivity index (χ3n) is 10.1. The summed E-state index contributed by atoms with van der Waals surface area (Å²) in [6.45, 7) is 15.9. The van der Waals surface area contributed by atoms with Crippen molar-refractivity contribution >= 4 is 27.3 Å². The van der Waals surface area contributed by atoms with Gasteiger partial charge < -0.3 is 33.2 Å². The van der Waals surface area contributed by atoms with E-state index in [2.05, 4.69) is 13.8 Å². The maximum absolute atomic E-state index is 14.6. The summed E-state index contributed by atoms with van der Waals surface area (Å²) in [6, 6.07) is 7.38. The molecule has 3 unspecified atom stereocenters. The van der Waals surface area contributed by atoms with Crippen molar-refractivity contribution in [1.82, 2.24) is 0 Å². The number of carbonyl (C=O) groups excluding carboxylic acids is 3. The maximum Gasteiger partial charge on any atom is 0.354 e. The van der Waals surface area contributed by atoms with Crippen LogP contribution in [0.4, 0.5) is 4.79 Å². The lowest BCUT2D eigenvalue weighted by molar-refractivity contribution is -0.164. The Balaban J connectivity index is 2.62. The van der Waals surface area contributed by atoms with Crippen molar-refractivity contribution < 1.29 is 47.5 Å². The molecule has 0 saturated heterocycles. The molecule has 0 saturated carbocycles. The van der Waals surface area contributed by atoms with E-state index in [-0.39, 0.29) is 23.9 Å². The van der Waals surface area contributed by atoms with Gasteiger partial charge in [-0.1, -0.05) is 67.7 Å². The van der Waals surface area contributed by atoms with Crippen molar-refractivity contribution in [1.29, 1.82) is 0 Å². The van der Waals surface area contributed by atoms with Crippen LogP contribution in [0.1, 0.15) is 92.2 Å². The molecule has 0 bridgehead atoms. The quantitative estimate of drug-likeness (QED) is 0.0782. The second-order valence-electron chi connectivity index (χ2n) is 15.0. The number of carbonyl (C=O) groups is 3. The lowest BCUT2D eigenvalue weighted by atomic mass is 9.58. The molecular weight excluding hydrogens is 685 g/mol. The number of hydrogen-bond donors (Lipinski definition) is 0. The highest BCUT2D eigenvalue weighted by atomic mass is 32.3. The van der Waals surface area contributed by atoms with Crippen molar-refractivity contribution in [2.24, 2.45) is 22.7 Å². The van der Waals surface area contributed by atoms with Crippen molar-refractivity contribution in [2.45, 2.75) is 93.9 Å². The van der Waals surface area contributed by atoms with Crippen LogP contribution in [0.2, 0.25) is 0 Å². The first-order valence-corrected chi connectivity index (χ1v) is 20.8. The Hall–Kier alpha value is -3.60. The number of benzene rings is 2. The summed E-state index contributed by atoms with van der Waals surface area (Å²) in [5, 5.41) is -0.507. The summed E-state index contributed by atoms with van der Waals surface area (Å²) in [5.74, 6) is -0.586. The van der Waals surface area contributed by atoms with Gasteiger partial charge in [-0.25, -0.2) is 4.79 Å². The van der Waals surface area contributed by atoms with Crippen LogP contribution in [0.25, 0.3) is 0 Å². The van der Waals surface area contributed by atoms with E-state index in [9.17, 15) is 14.4 Å². The number of aryl methyl sites for hydroxylation is 2. The highest BCUT2D eigenvalue weighted by molar-refractivity contribution is 8.44. The molecule has 294 valence electrons. The third kappa shape index (κ3) is 10.5. The van der Waals surface area contributed by atoms with Crippen LogP contribution in [0.3, 0.4) is 0 Å².